The molecule has 0 aromatic heterocycles. The first-order valence-corrected chi connectivity index (χ1v) is 8.67. The molecule has 2 rings (SSSR count). The lowest BCUT2D eigenvalue weighted by Gasteiger charge is -2.08. The molecular formula is C20H24N2O5. The average molecular weight is 372 g/mol. The molecule has 0 bridgehead atoms. The third-order valence-electron chi connectivity index (χ3n) is 3.60. The number of carbonyl (C=O) groups is 1. The number of phenols is 1. The number of nitrogens with zero attached hydrogens (tertiary/aromatic N) is 1. The zero-order valence-corrected chi connectivity index (χ0v) is 15.5. The van der Waals surface area contributed by atoms with Gasteiger partial charge in [-0.3, -0.25) is 4.79 Å². The molecule has 0 aliphatic carbocycles. The molecule has 2 aromatic carbocycles. The third-order valence-corrected chi connectivity index (χ3v) is 3.60. The number of hydrogen-bond acceptors (Lipinski definition) is 6. The first kappa shape index (κ1) is 20.1. The van der Waals surface area contributed by atoms with E-state index in [9.17, 15) is 9.90 Å². The van der Waals surface area contributed by atoms with Crippen molar-refractivity contribution in [3.8, 4) is 23.0 Å². The van der Waals surface area contributed by atoms with Gasteiger partial charge in [0.05, 0.1) is 19.9 Å². The lowest BCUT2D eigenvalue weighted by Crippen LogP contribution is -2.24. The Morgan fingerprint density at radius 1 is 1.15 bits per heavy atom. The van der Waals surface area contributed by atoms with E-state index in [2.05, 4.69) is 17.5 Å². The van der Waals surface area contributed by atoms with Gasteiger partial charge in [0.2, 0.25) is 0 Å². The number of phenolic OH excluding ortho intramolecular Hbond substituents is 1. The van der Waals surface area contributed by atoms with Crippen molar-refractivity contribution in [1.29, 1.82) is 0 Å². The number of unbranched alkanes of at least 4 members (excludes halogenated alkanes) is 1. The Morgan fingerprint density at radius 2 is 1.85 bits per heavy atom. The summed E-state index contributed by atoms with van der Waals surface area (Å²) in [5, 5.41) is 13.7. The van der Waals surface area contributed by atoms with E-state index in [1.165, 1.54) is 13.3 Å². The van der Waals surface area contributed by atoms with Gasteiger partial charge in [-0.05, 0) is 42.8 Å². The van der Waals surface area contributed by atoms with Gasteiger partial charge in [0.15, 0.2) is 18.1 Å². The summed E-state index contributed by atoms with van der Waals surface area (Å²) in [5.41, 5.74) is 2.77. The fourth-order valence-electron chi connectivity index (χ4n) is 2.13. The monoisotopic (exact) mass is 372 g/mol. The van der Waals surface area contributed by atoms with Crippen LogP contribution in [0.5, 0.6) is 23.0 Å². The van der Waals surface area contributed by atoms with Crippen molar-refractivity contribution in [3.05, 3.63) is 48.0 Å². The Kier molecular flexibility index (Phi) is 7.96. The fraction of sp³-hybridized carbons (Fsp3) is 0.300. The summed E-state index contributed by atoms with van der Waals surface area (Å²) in [5.74, 6) is 1.19. The van der Waals surface area contributed by atoms with Crippen LogP contribution >= 0.6 is 0 Å². The number of methoxy groups -OCH3 is 1. The zero-order chi connectivity index (χ0) is 19.5. The first-order valence-electron chi connectivity index (χ1n) is 8.67. The lowest BCUT2D eigenvalue weighted by atomic mass is 10.2. The molecule has 0 aliphatic heterocycles. The summed E-state index contributed by atoms with van der Waals surface area (Å²) < 4.78 is 16.0. The van der Waals surface area contributed by atoms with Crippen LogP contribution in [-0.2, 0) is 4.79 Å². The van der Waals surface area contributed by atoms with E-state index in [1.54, 1.807) is 42.5 Å². The fourth-order valence-corrected chi connectivity index (χ4v) is 2.13. The van der Waals surface area contributed by atoms with Crippen LogP contribution in [0.2, 0.25) is 0 Å². The van der Waals surface area contributed by atoms with Crippen LogP contribution in [0.15, 0.2) is 47.6 Å². The minimum atomic E-state index is -0.420. The van der Waals surface area contributed by atoms with Crippen LogP contribution in [0, 0.1) is 0 Å². The third kappa shape index (κ3) is 6.54. The van der Waals surface area contributed by atoms with Gasteiger partial charge in [0.25, 0.3) is 5.91 Å². The van der Waals surface area contributed by atoms with Crippen LogP contribution in [-0.4, -0.2) is 37.6 Å². The molecule has 0 saturated heterocycles. The van der Waals surface area contributed by atoms with E-state index in [1.807, 2.05) is 0 Å². The Hall–Kier alpha value is -3.22. The van der Waals surface area contributed by atoms with Gasteiger partial charge in [-0.25, -0.2) is 5.43 Å². The molecule has 7 heteroatoms. The van der Waals surface area contributed by atoms with Crippen molar-refractivity contribution in [3.63, 3.8) is 0 Å². The van der Waals surface area contributed by atoms with Gasteiger partial charge < -0.3 is 19.3 Å². The minimum Gasteiger partial charge on any atom is -0.504 e. The second-order valence-electron chi connectivity index (χ2n) is 5.65. The minimum absolute atomic E-state index is 0.0458. The standard InChI is InChI=1S/C20H24N2O5/c1-3-4-12-26-16-8-10-17(11-9-16)27-14-19(23)22-21-13-15-6-5-7-18(25-2)20(15)24/h5-11,13,24H,3-4,12,14H2,1-2H3,(H,22,23)/b21-13+. The van der Waals surface area contributed by atoms with E-state index in [4.69, 9.17) is 14.2 Å². The van der Waals surface area contributed by atoms with Crippen LogP contribution in [0.3, 0.4) is 0 Å². The predicted octanol–water partition coefficient (Wildman–Crippen LogP) is 3.11. The summed E-state index contributed by atoms with van der Waals surface area (Å²) in [6.45, 7) is 2.60. The number of benzene rings is 2. The zero-order valence-electron chi connectivity index (χ0n) is 15.5. The van der Waals surface area contributed by atoms with E-state index in [-0.39, 0.29) is 12.4 Å². The topological polar surface area (TPSA) is 89.4 Å². The largest absolute Gasteiger partial charge is 0.504 e. The summed E-state index contributed by atoms with van der Waals surface area (Å²) in [7, 11) is 1.46. The van der Waals surface area contributed by atoms with E-state index < -0.39 is 5.91 Å². The Balaban J connectivity index is 1.77. The Morgan fingerprint density at radius 3 is 2.52 bits per heavy atom. The molecule has 2 N–H and O–H groups in total. The second-order valence-corrected chi connectivity index (χ2v) is 5.65. The normalized spacial score (nSPS) is 10.6. The highest BCUT2D eigenvalue weighted by atomic mass is 16.5. The molecule has 27 heavy (non-hydrogen) atoms. The molecule has 0 atom stereocenters. The number of hydrazone groups is 1. The molecule has 2 aromatic rings. The van der Waals surface area contributed by atoms with Gasteiger partial charge in [-0.15, -0.1) is 0 Å². The van der Waals surface area contributed by atoms with Gasteiger partial charge in [-0.1, -0.05) is 19.4 Å². The van der Waals surface area contributed by atoms with Crippen molar-refractivity contribution in [1.82, 2.24) is 5.43 Å². The number of carbonyl (C=O) groups excluding carboxylic acids is 1. The molecule has 0 aliphatic rings. The SMILES string of the molecule is CCCCOc1ccc(OCC(=O)N/N=C/c2cccc(OC)c2O)cc1. The average Bonchev–Trinajstić information content (AvgIpc) is 2.69. The van der Waals surface area contributed by atoms with Crippen LogP contribution in [0.4, 0.5) is 0 Å². The van der Waals surface area contributed by atoms with Crippen LogP contribution in [0.25, 0.3) is 0 Å². The van der Waals surface area contributed by atoms with Crippen molar-refractivity contribution in [2.24, 2.45) is 5.10 Å². The Labute approximate surface area is 158 Å². The number of para-hydroxylation sites is 1. The number of ether oxygens (including phenoxy) is 3. The summed E-state index contributed by atoms with van der Waals surface area (Å²) in [6, 6.07) is 12.1. The number of hydrogen-bond donors (Lipinski definition) is 2. The molecule has 0 spiro atoms. The number of amides is 1. The number of nitrogens with one attached hydrogen (secondary N) is 1. The molecule has 0 fully saturated rings. The van der Waals surface area contributed by atoms with Crippen molar-refractivity contribution >= 4 is 12.1 Å². The Bertz CT molecular complexity index is 759. The van der Waals surface area contributed by atoms with Crippen molar-refractivity contribution in [2.45, 2.75) is 19.8 Å². The van der Waals surface area contributed by atoms with E-state index >= 15 is 0 Å². The second kappa shape index (κ2) is 10.7. The highest BCUT2D eigenvalue weighted by Gasteiger charge is 2.06. The van der Waals surface area contributed by atoms with Crippen LogP contribution in [0.1, 0.15) is 25.3 Å². The molecule has 0 saturated carbocycles. The lowest BCUT2D eigenvalue weighted by molar-refractivity contribution is -0.123. The highest BCUT2D eigenvalue weighted by molar-refractivity contribution is 5.86. The van der Waals surface area contributed by atoms with Crippen molar-refractivity contribution in [2.75, 3.05) is 20.3 Å². The smallest absolute Gasteiger partial charge is 0.277 e. The molecule has 0 unspecified atom stereocenters. The summed E-state index contributed by atoms with van der Waals surface area (Å²) >= 11 is 0. The molecule has 7 nitrogen and oxygen atoms in total. The van der Waals surface area contributed by atoms with E-state index in [0.717, 1.165) is 18.6 Å². The number of rotatable bonds is 10. The molecular weight excluding hydrogens is 348 g/mol. The summed E-state index contributed by atoms with van der Waals surface area (Å²) in [6.07, 6.45) is 3.42. The molecule has 144 valence electrons. The van der Waals surface area contributed by atoms with E-state index in [0.29, 0.717) is 23.7 Å². The van der Waals surface area contributed by atoms with Crippen molar-refractivity contribution < 1.29 is 24.1 Å². The quantitative estimate of drug-likeness (QED) is 0.380. The van der Waals surface area contributed by atoms with Gasteiger partial charge in [-0.2, -0.15) is 5.10 Å². The first-order chi connectivity index (χ1) is 13.1. The maximum Gasteiger partial charge on any atom is 0.277 e. The highest BCUT2D eigenvalue weighted by Crippen LogP contribution is 2.27. The predicted molar refractivity (Wildman–Crippen MR) is 103 cm³/mol. The van der Waals surface area contributed by atoms with Crippen LogP contribution < -0.4 is 19.6 Å². The molecule has 1 amide bonds. The maximum atomic E-state index is 11.8. The van der Waals surface area contributed by atoms with Gasteiger partial charge >= 0.3 is 0 Å². The summed E-state index contributed by atoms with van der Waals surface area (Å²) in [4.78, 5) is 11.8. The molecule has 0 heterocycles. The van der Waals surface area contributed by atoms with Gasteiger partial charge in [0, 0.05) is 5.56 Å². The number of aromatic hydroxyl groups is 1. The molecule has 0 radical (unpaired) electrons. The maximum absolute atomic E-state index is 11.8. The van der Waals surface area contributed by atoms with Gasteiger partial charge in [0.1, 0.15) is 11.5 Å².